The number of para-hydroxylation sites is 1. The van der Waals surface area contributed by atoms with Gasteiger partial charge in [-0.3, -0.25) is 0 Å². The number of fused-ring (bicyclic) bond motifs is 1. The SMILES string of the molecule is Cc1cccnc1Nc1ncnc(-n2nnc3ccccc32)c1N. The van der Waals surface area contributed by atoms with Crippen LogP contribution in [0.5, 0.6) is 0 Å². The Bertz CT molecular complexity index is 1020. The fourth-order valence-corrected chi connectivity index (χ4v) is 2.41. The first-order chi connectivity index (χ1) is 11.7. The molecule has 0 unspecified atom stereocenters. The summed E-state index contributed by atoms with van der Waals surface area (Å²) in [4.78, 5) is 12.8. The Labute approximate surface area is 137 Å². The fraction of sp³-hybridized carbons (Fsp3) is 0.0625. The van der Waals surface area contributed by atoms with Crippen molar-refractivity contribution in [2.24, 2.45) is 0 Å². The highest BCUT2D eigenvalue weighted by molar-refractivity contribution is 5.80. The number of aryl methyl sites for hydroxylation is 1. The summed E-state index contributed by atoms with van der Waals surface area (Å²) in [5.41, 5.74) is 9.21. The number of hydrogen-bond acceptors (Lipinski definition) is 7. The van der Waals surface area contributed by atoms with Gasteiger partial charge in [-0.25, -0.2) is 15.0 Å². The second kappa shape index (κ2) is 5.58. The molecule has 3 aromatic heterocycles. The highest BCUT2D eigenvalue weighted by Gasteiger charge is 2.14. The number of nitrogens with one attached hydrogen (secondary N) is 1. The lowest BCUT2D eigenvalue weighted by Crippen LogP contribution is -2.09. The normalized spacial score (nSPS) is 10.9. The van der Waals surface area contributed by atoms with Gasteiger partial charge in [0.15, 0.2) is 11.6 Å². The largest absolute Gasteiger partial charge is 0.393 e. The third-order valence-electron chi connectivity index (χ3n) is 3.66. The summed E-state index contributed by atoms with van der Waals surface area (Å²) in [5, 5.41) is 11.4. The molecule has 0 spiro atoms. The molecule has 0 radical (unpaired) electrons. The van der Waals surface area contributed by atoms with Gasteiger partial charge in [0.2, 0.25) is 0 Å². The molecule has 4 aromatic rings. The minimum absolute atomic E-state index is 0.373. The Morgan fingerprint density at radius 1 is 1.00 bits per heavy atom. The predicted octanol–water partition coefficient (Wildman–Crippen LogP) is 2.24. The monoisotopic (exact) mass is 318 g/mol. The smallest absolute Gasteiger partial charge is 0.184 e. The Balaban J connectivity index is 1.80. The number of nitrogens with two attached hydrogens (primary N) is 1. The lowest BCUT2D eigenvalue weighted by molar-refractivity contribution is 0.800. The molecular formula is C16H14N8. The Morgan fingerprint density at radius 2 is 1.88 bits per heavy atom. The number of rotatable bonds is 3. The number of pyridine rings is 1. The van der Waals surface area contributed by atoms with E-state index in [1.807, 2.05) is 43.3 Å². The maximum Gasteiger partial charge on any atom is 0.184 e. The molecule has 0 saturated heterocycles. The molecule has 8 heteroatoms. The van der Waals surface area contributed by atoms with Gasteiger partial charge in [-0.1, -0.05) is 23.4 Å². The van der Waals surface area contributed by atoms with Crippen LogP contribution in [0.2, 0.25) is 0 Å². The number of aromatic nitrogens is 6. The molecule has 3 heterocycles. The standard InChI is InChI=1S/C16H14N8/c1-10-5-4-8-18-14(10)21-15-13(17)16(20-9-19-15)24-12-7-3-2-6-11(12)22-23-24/h2-9H,17H2,1H3,(H,18,19,20,21). The van der Waals surface area contributed by atoms with E-state index >= 15 is 0 Å². The van der Waals surface area contributed by atoms with E-state index in [1.54, 1.807) is 10.9 Å². The number of nitrogen functional groups attached to an aromatic ring is 1. The average Bonchev–Trinajstić information content (AvgIpc) is 3.03. The predicted molar refractivity (Wildman–Crippen MR) is 91.1 cm³/mol. The number of nitrogens with zero attached hydrogens (tertiary/aromatic N) is 6. The Kier molecular flexibility index (Phi) is 3.27. The van der Waals surface area contributed by atoms with Gasteiger partial charge in [-0.05, 0) is 30.7 Å². The third kappa shape index (κ3) is 2.30. The molecule has 1 aromatic carbocycles. The summed E-state index contributed by atoms with van der Waals surface area (Å²) in [6.07, 6.45) is 3.14. The first-order valence-electron chi connectivity index (χ1n) is 7.34. The van der Waals surface area contributed by atoms with Crippen molar-refractivity contribution in [2.45, 2.75) is 6.92 Å². The number of anilines is 3. The van der Waals surface area contributed by atoms with Crippen molar-refractivity contribution in [3.8, 4) is 5.82 Å². The average molecular weight is 318 g/mol. The molecule has 0 amide bonds. The third-order valence-corrected chi connectivity index (χ3v) is 3.66. The first kappa shape index (κ1) is 14.1. The molecule has 3 N–H and O–H groups in total. The van der Waals surface area contributed by atoms with Gasteiger partial charge < -0.3 is 11.1 Å². The van der Waals surface area contributed by atoms with Gasteiger partial charge in [0.1, 0.15) is 23.3 Å². The van der Waals surface area contributed by atoms with Crippen LogP contribution in [-0.4, -0.2) is 29.9 Å². The Hall–Kier alpha value is -3.55. The second-order valence-corrected chi connectivity index (χ2v) is 5.24. The van der Waals surface area contributed by atoms with Crippen LogP contribution in [0.3, 0.4) is 0 Å². The molecule has 0 fully saturated rings. The zero-order chi connectivity index (χ0) is 16.5. The van der Waals surface area contributed by atoms with E-state index in [1.165, 1.54) is 6.33 Å². The van der Waals surface area contributed by atoms with Crippen LogP contribution in [0.25, 0.3) is 16.9 Å². The first-order valence-corrected chi connectivity index (χ1v) is 7.34. The molecule has 0 saturated carbocycles. The summed E-state index contributed by atoms with van der Waals surface area (Å²) in [5.74, 6) is 1.63. The molecule has 4 rings (SSSR count). The van der Waals surface area contributed by atoms with Crippen molar-refractivity contribution >= 4 is 28.4 Å². The van der Waals surface area contributed by atoms with E-state index in [-0.39, 0.29) is 0 Å². The van der Waals surface area contributed by atoms with E-state index in [9.17, 15) is 0 Å². The van der Waals surface area contributed by atoms with Gasteiger partial charge in [0.25, 0.3) is 0 Å². The van der Waals surface area contributed by atoms with Gasteiger partial charge in [-0.15, -0.1) is 5.10 Å². The van der Waals surface area contributed by atoms with Crippen molar-refractivity contribution in [1.82, 2.24) is 29.9 Å². The Morgan fingerprint density at radius 3 is 2.75 bits per heavy atom. The van der Waals surface area contributed by atoms with Crippen LogP contribution in [0.4, 0.5) is 17.3 Å². The molecule has 0 aliphatic carbocycles. The molecular weight excluding hydrogens is 304 g/mol. The topological polar surface area (TPSA) is 107 Å². The zero-order valence-corrected chi connectivity index (χ0v) is 12.9. The molecule has 0 aliphatic heterocycles. The van der Waals surface area contributed by atoms with Crippen LogP contribution in [0.15, 0.2) is 48.9 Å². The van der Waals surface area contributed by atoms with Crippen molar-refractivity contribution in [2.75, 3.05) is 11.1 Å². The van der Waals surface area contributed by atoms with Crippen LogP contribution in [0, 0.1) is 6.92 Å². The van der Waals surface area contributed by atoms with Crippen molar-refractivity contribution in [1.29, 1.82) is 0 Å². The molecule has 24 heavy (non-hydrogen) atoms. The second-order valence-electron chi connectivity index (χ2n) is 5.24. The van der Waals surface area contributed by atoms with Crippen LogP contribution in [-0.2, 0) is 0 Å². The van der Waals surface area contributed by atoms with E-state index in [0.29, 0.717) is 23.1 Å². The van der Waals surface area contributed by atoms with Gasteiger partial charge in [0.05, 0.1) is 5.52 Å². The summed E-state index contributed by atoms with van der Waals surface area (Å²) in [6.45, 7) is 1.96. The molecule has 0 aliphatic rings. The molecule has 0 bridgehead atoms. The molecule has 0 atom stereocenters. The lowest BCUT2D eigenvalue weighted by atomic mass is 10.3. The van der Waals surface area contributed by atoms with Gasteiger partial charge in [-0.2, -0.15) is 4.68 Å². The fourth-order valence-electron chi connectivity index (χ4n) is 2.41. The molecule has 118 valence electrons. The van der Waals surface area contributed by atoms with Crippen molar-refractivity contribution in [3.63, 3.8) is 0 Å². The number of hydrogen-bond donors (Lipinski definition) is 2. The van der Waals surface area contributed by atoms with Gasteiger partial charge >= 0.3 is 0 Å². The quantitative estimate of drug-likeness (QED) is 0.596. The van der Waals surface area contributed by atoms with Crippen LogP contribution < -0.4 is 11.1 Å². The minimum Gasteiger partial charge on any atom is -0.393 e. The lowest BCUT2D eigenvalue weighted by Gasteiger charge is -2.11. The molecule has 8 nitrogen and oxygen atoms in total. The zero-order valence-electron chi connectivity index (χ0n) is 12.9. The maximum atomic E-state index is 6.26. The van der Waals surface area contributed by atoms with Crippen LogP contribution >= 0.6 is 0 Å². The highest BCUT2D eigenvalue weighted by Crippen LogP contribution is 2.26. The van der Waals surface area contributed by atoms with E-state index in [0.717, 1.165) is 16.6 Å². The van der Waals surface area contributed by atoms with E-state index in [4.69, 9.17) is 5.73 Å². The minimum atomic E-state index is 0.373. The van der Waals surface area contributed by atoms with Crippen LogP contribution in [0.1, 0.15) is 5.56 Å². The maximum absolute atomic E-state index is 6.26. The van der Waals surface area contributed by atoms with E-state index < -0.39 is 0 Å². The summed E-state index contributed by atoms with van der Waals surface area (Å²) < 4.78 is 1.60. The summed E-state index contributed by atoms with van der Waals surface area (Å²) in [6, 6.07) is 11.4. The van der Waals surface area contributed by atoms with Crippen molar-refractivity contribution < 1.29 is 0 Å². The summed E-state index contributed by atoms with van der Waals surface area (Å²) in [7, 11) is 0. The van der Waals surface area contributed by atoms with E-state index in [2.05, 4.69) is 30.6 Å². The van der Waals surface area contributed by atoms with Crippen molar-refractivity contribution in [3.05, 3.63) is 54.5 Å². The van der Waals surface area contributed by atoms with Gasteiger partial charge in [0, 0.05) is 6.20 Å². The summed E-state index contributed by atoms with van der Waals surface area (Å²) >= 11 is 0. The number of benzene rings is 1. The highest BCUT2D eigenvalue weighted by atomic mass is 15.4.